The number of aromatic nitrogens is 2. The van der Waals surface area contributed by atoms with E-state index in [1.807, 2.05) is 17.9 Å². The molecule has 6 nitrogen and oxygen atoms in total. The summed E-state index contributed by atoms with van der Waals surface area (Å²) in [5.41, 5.74) is 8.24. The Morgan fingerprint density at radius 2 is 2.35 bits per heavy atom. The normalized spacial score (nSPS) is 19.8. The Labute approximate surface area is 101 Å². The van der Waals surface area contributed by atoms with Crippen LogP contribution in [0.5, 0.6) is 0 Å². The Hall–Kier alpha value is -1.56. The number of hydrogen-bond donors (Lipinski definition) is 1. The maximum Gasteiger partial charge on any atom is 0.192 e. The van der Waals surface area contributed by atoms with Crippen LogP contribution in [0, 0.1) is 6.92 Å². The van der Waals surface area contributed by atoms with Gasteiger partial charge in [-0.2, -0.15) is 5.10 Å². The lowest BCUT2D eigenvalue weighted by atomic mass is 10.1. The number of methoxy groups -OCH3 is 1. The number of nitrogens with zero attached hydrogens (tertiary/aromatic N) is 4. The van der Waals surface area contributed by atoms with Crippen LogP contribution in [0.15, 0.2) is 11.2 Å². The molecule has 0 saturated carbocycles. The van der Waals surface area contributed by atoms with Gasteiger partial charge in [-0.1, -0.05) is 0 Å². The van der Waals surface area contributed by atoms with Crippen LogP contribution in [-0.4, -0.2) is 47.4 Å². The van der Waals surface area contributed by atoms with Gasteiger partial charge in [0.05, 0.1) is 25.4 Å². The second-order valence-electron chi connectivity index (χ2n) is 4.21. The fourth-order valence-corrected chi connectivity index (χ4v) is 2.10. The number of aryl methyl sites for hydroxylation is 1. The van der Waals surface area contributed by atoms with Crippen molar-refractivity contribution in [3.63, 3.8) is 0 Å². The lowest BCUT2D eigenvalue weighted by molar-refractivity contribution is 0.166. The van der Waals surface area contributed by atoms with Crippen molar-refractivity contribution in [2.24, 2.45) is 17.8 Å². The van der Waals surface area contributed by atoms with Gasteiger partial charge in [0.1, 0.15) is 0 Å². The molecule has 94 valence electrons. The third kappa shape index (κ3) is 2.12. The van der Waals surface area contributed by atoms with Crippen molar-refractivity contribution < 1.29 is 4.74 Å². The standard InChI is InChI=1S/C11H19N5O/c1-8-9(6-14-15(8)2)10-7-13-11(12)16(10)4-5-17-3/h6,10H,4-5,7H2,1-3H3,(H2,12,13). The highest BCUT2D eigenvalue weighted by molar-refractivity contribution is 5.80. The van der Waals surface area contributed by atoms with Crippen molar-refractivity contribution in [3.8, 4) is 0 Å². The molecule has 1 aliphatic heterocycles. The molecule has 0 radical (unpaired) electrons. The predicted molar refractivity (Wildman–Crippen MR) is 65.8 cm³/mol. The zero-order valence-electron chi connectivity index (χ0n) is 10.6. The first-order valence-electron chi connectivity index (χ1n) is 5.69. The van der Waals surface area contributed by atoms with E-state index in [1.165, 1.54) is 5.56 Å². The summed E-state index contributed by atoms with van der Waals surface area (Å²) in [6, 6.07) is 0.193. The van der Waals surface area contributed by atoms with Crippen molar-refractivity contribution in [1.29, 1.82) is 0 Å². The molecular formula is C11H19N5O. The third-order valence-corrected chi connectivity index (χ3v) is 3.27. The minimum absolute atomic E-state index is 0.193. The zero-order valence-corrected chi connectivity index (χ0v) is 10.6. The molecule has 17 heavy (non-hydrogen) atoms. The first-order chi connectivity index (χ1) is 8.15. The quantitative estimate of drug-likeness (QED) is 0.803. The SMILES string of the molecule is COCCN1C(N)=NCC1c1cnn(C)c1C. The molecule has 0 amide bonds. The van der Waals surface area contributed by atoms with Gasteiger partial charge < -0.3 is 15.4 Å². The molecule has 1 aliphatic rings. The van der Waals surface area contributed by atoms with Gasteiger partial charge in [-0.05, 0) is 6.92 Å². The van der Waals surface area contributed by atoms with Gasteiger partial charge in [-0.25, -0.2) is 0 Å². The molecule has 0 aromatic carbocycles. The zero-order chi connectivity index (χ0) is 12.4. The fraction of sp³-hybridized carbons (Fsp3) is 0.636. The molecular weight excluding hydrogens is 218 g/mol. The van der Waals surface area contributed by atoms with Gasteiger partial charge in [0, 0.05) is 32.0 Å². The van der Waals surface area contributed by atoms with Crippen LogP contribution in [0.2, 0.25) is 0 Å². The molecule has 0 aliphatic carbocycles. The van der Waals surface area contributed by atoms with Crippen molar-refractivity contribution in [2.75, 3.05) is 26.8 Å². The highest BCUT2D eigenvalue weighted by atomic mass is 16.5. The van der Waals surface area contributed by atoms with Crippen LogP contribution < -0.4 is 5.73 Å². The van der Waals surface area contributed by atoms with Gasteiger partial charge in [0.25, 0.3) is 0 Å². The van der Waals surface area contributed by atoms with Crippen LogP contribution in [0.4, 0.5) is 0 Å². The average Bonchev–Trinajstić information content (AvgIpc) is 2.82. The molecule has 1 aromatic heterocycles. The highest BCUT2D eigenvalue weighted by Crippen LogP contribution is 2.27. The van der Waals surface area contributed by atoms with Crippen LogP contribution in [0.3, 0.4) is 0 Å². The lowest BCUT2D eigenvalue weighted by Crippen LogP contribution is -2.38. The predicted octanol–water partition coefficient (Wildman–Crippen LogP) is 0.0463. The summed E-state index contributed by atoms with van der Waals surface area (Å²) in [6.45, 7) is 4.16. The molecule has 2 N–H and O–H groups in total. The van der Waals surface area contributed by atoms with Gasteiger partial charge in [0.2, 0.25) is 0 Å². The monoisotopic (exact) mass is 237 g/mol. The summed E-state index contributed by atoms with van der Waals surface area (Å²) in [5.74, 6) is 0.593. The third-order valence-electron chi connectivity index (χ3n) is 3.27. The van der Waals surface area contributed by atoms with E-state index in [1.54, 1.807) is 7.11 Å². The van der Waals surface area contributed by atoms with E-state index in [2.05, 4.69) is 21.9 Å². The fourth-order valence-electron chi connectivity index (χ4n) is 2.10. The maximum atomic E-state index is 5.90. The lowest BCUT2D eigenvalue weighted by Gasteiger charge is -2.25. The largest absolute Gasteiger partial charge is 0.383 e. The van der Waals surface area contributed by atoms with Crippen LogP contribution in [-0.2, 0) is 11.8 Å². The molecule has 0 fully saturated rings. The topological polar surface area (TPSA) is 68.7 Å². The number of hydrogen-bond acceptors (Lipinski definition) is 5. The molecule has 1 unspecified atom stereocenters. The molecule has 6 heteroatoms. The number of nitrogens with two attached hydrogens (primary N) is 1. The second-order valence-corrected chi connectivity index (χ2v) is 4.21. The highest BCUT2D eigenvalue weighted by Gasteiger charge is 2.29. The van der Waals surface area contributed by atoms with Gasteiger partial charge >= 0.3 is 0 Å². The molecule has 1 aromatic rings. The van der Waals surface area contributed by atoms with Crippen LogP contribution >= 0.6 is 0 Å². The van der Waals surface area contributed by atoms with Crippen molar-refractivity contribution in [2.45, 2.75) is 13.0 Å². The first-order valence-corrected chi connectivity index (χ1v) is 5.69. The first kappa shape index (κ1) is 11.9. The number of guanidine groups is 1. The molecule has 2 rings (SSSR count). The van der Waals surface area contributed by atoms with Gasteiger partial charge in [-0.3, -0.25) is 9.67 Å². The van der Waals surface area contributed by atoms with Crippen molar-refractivity contribution >= 4 is 5.96 Å². The van der Waals surface area contributed by atoms with E-state index in [0.717, 1.165) is 12.2 Å². The van der Waals surface area contributed by atoms with E-state index in [-0.39, 0.29) is 6.04 Å². The van der Waals surface area contributed by atoms with Crippen molar-refractivity contribution in [3.05, 3.63) is 17.5 Å². The van der Waals surface area contributed by atoms with Gasteiger partial charge in [-0.15, -0.1) is 0 Å². The Morgan fingerprint density at radius 3 is 2.94 bits per heavy atom. The van der Waals surface area contributed by atoms with E-state index >= 15 is 0 Å². The minimum Gasteiger partial charge on any atom is -0.383 e. The van der Waals surface area contributed by atoms with E-state index in [0.29, 0.717) is 19.1 Å². The number of rotatable bonds is 4. The van der Waals surface area contributed by atoms with Crippen molar-refractivity contribution in [1.82, 2.24) is 14.7 Å². The van der Waals surface area contributed by atoms with Crippen LogP contribution in [0.1, 0.15) is 17.3 Å². The molecule has 0 saturated heterocycles. The summed E-state index contributed by atoms with van der Waals surface area (Å²) in [4.78, 5) is 6.38. The molecule has 0 bridgehead atoms. The Bertz CT molecular complexity index is 425. The second kappa shape index (κ2) is 4.75. The average molecular weight is 237 g/mol. The summed E-state index contributed by atoms with van der Waals surface area (Å²) < 4.78 is 6.97. The van der Waals surface area contributed by atoms with E-state index in [9.17, 15) is 0 Å². The summed E-state index contributed by atoms with van der Waals surface area (Å²) in [5, 5.41) is 4.27. The van der Waals surface area contributed by atoms with Gasteiger partial charge in [0.15, 0.2) is 5.96 Å². The summed E-state index contributed by atoms with van der Waals surface area (Å²) in [6.07, 6.45) is 1.90. The maximum absolute atomic E-state index is 5.90. The molecule has 0 spiro atoms. The summed E-state index contributed by atoms with van der Waals surface area (Å²) >= 11 is 0. The molecule has 2 heterocycles. The van der Waals surface area contributed by atoms with E-state index < -0.39 is 0 Å². The van der Waals surface area contributed by atoms with Crippen LogP contribution in [0.25, 0.3) is 0 Å². The minimum atomic E-state index is 0.193. The molecule has 1 atom stereocenters. The number of ether oxygens (including phenoxy) is 1. The number of aliphatic imine (C=N–C) groups is 1. The van der Waals surface area contributed by atoms with E-state index in [4.69, 9.17) is 10.5 Å². The Morgan fingerprint density at radius 1 is 1.59 bits per heavy atom. The Balaban J connectivity index is 2.18. The smallest absolute Gasteiger partial charge is 0.192 e. The summed E-state index contributed by atoms with van der Waals surface area (Å²) in [7, 11) is 3.63. The Kier molecular flexibility index (Phi) is 3.33.